The fraction of sp³-hybridized carbons (Fsp3) is 0.174. The fourth-order valence-electron chi connectivity index (χ4n) is 1.28. The minimum atomic E-state index is -0.668. The Hall–Kier alpha value is -2.94. The van der Waals surface area contributed by atoms with E-state index in [1.807, 2.05) is 13.8 Å². The van der Waals surface area contributed by atoms with Crippen LogP contribution in [-0.2, 0) is 9.53 Å². The van der Waals surface area contributed by atoms with Gasteiger partial charge in [-0.3, -0.25) is 0 Å². The summed E-state index contributed by atoms with van der Waals surface area (Å²) < 4.78 is 18.8. The highest BCUT2D eigenvalue weighted by Gasteiger charge is 2.08. The number of hydrogen-bond donors (Lipinski definition) is 0. The highest BCUT2D eigenvalue weighted by molar-refractivity contribution is 5.91. The van der Waals surface area contributed by atoms with Gasteiger partial charge in [-0.2, -0.15) is 0 Å². The number of carbonyl (C=O) groups is 1. The first-order valence-corrected chi connectivity index (χ1v) is 8.07. The van der Waals surface area contributed by atoms with Crippen molar-refractivity contribution >= 4 is 5.97 Å². The first-order chi connectivity index (χ1) is 12.0. The lowest BCUT2D eigenvalue weighted by Crippen LogP contribution is -2.04. The molecule has 3 heteroatoms. The van der Waals surface area contributed by atoms with Crippen molar-refractivity contribution in [2.75, 3.05) is 0 Å². The first kappa shape index (κ1) is 25.3. The third-order valence-electron chi connectivity index (χ3n) is 2.57. The number of rotatable bonds is 9. The highest BCUT2D eigenvalue weighted by Crippen LogP contribution is 2.20. The molecular formula is C23H29FO2. The average Bonchev–Trinajstić information content (AvgIpc) is 2.57. The van der Waals surface area contributed by atoms with Gasteiger partial charge in [-0.05, 0) is 37.6 Å². The zero-order valence-corrected chi connectivity index (χ0v) is 16.3. The molecule has 0 heterocycles. The lowest BCUT2D eigenvalue weighted by atomic mass is 10.1. The van der Waals surface area contributed by atoms with Crippen molar-refractivity contribution < 1.29 is 13.9 Å². The smallest absolute Gasteiger partial charge is 0.342 e. The molecule has 0 spiro atoms. The summed E-state index contributed by atoms with van der Waals surface area (Å²) in [4.78, 5) is 11.8. The van der Waals surface area contributed by atoms with Crippen LogP contribution >= 0.6 is 0 Å². The molecule has 0 rings (SSSR count). The van der Waals surface area contributed by atoms with Gasteiger partial charge in [-0.25, -0.2) is 9.18 Å². The maximum absolute atomic E-state index is 13.8. The lowest BCUT2D eigenvalue weighted by molar-refractivity contribution is -0.134. The molecule has 26 heavy (non-hydrogen) atoms. The summed E-state index contributed by atoms with van der Waals surface area (Å²) in [6, 6.07) is 0. The monoisotopic (exact) mass is 356 g/mol. The van der Waals surface area contributed by atoms with Crippen LogP contribution in [0.2, 0.25) is 0 Å². The Kier molecular flexibility index (Phi) is 13.0. The van der Waals surface area contributed by atoms with Crippen molar-refractivity contribution in [3.63, 3.8) is 0 Å². The van der Waals surface area contributed by atoms with Crippen LogP contribution in [0.25, 0.3) is 0 Å². The van der Waals surface area contributed by atoms with Crippen LogP contribution in [0.5, 0.6) is 0 Å². The SMILES string of the molecule is C=C(C)/C=C\C(=C)OC(=O)C(=C)/C=C\C(=C)C(=C)/C(F)=C\C(=C)C.CC. The van der Waals surface area contributed by atoms with Crippen molar-refractivity contribution in [1.29, 1.82) is 0 Å². The summed E-state index contributed by atoms with van der Waals surface area (Å²) in [6.07, 6.45) is 7.25. The molecule has 0 aliphatic carbocycles. The fourth-order valence-corrected chi connectivity index (χ4v) is 1.28. The largest absolute Gasteiger partial charge is 0.424 e. The third-order valence-corrected chi connectivity index (χ3v) is 2.57. The van der Waals surface area contributed by atoms with Crippen LogP contribution in [0.1, 0.15) is 27.7 Å². The van der Waals surface area contributed by atoms with E-state index < -0.39 is 11.8 Å². The van der Waals surface area contributed by atoms with Gasteiger partial charge in [0.15, 0.2) is 0 Å². The number of hydrogen-bond acceptors (Lipinski definition) is 2. The van der Waals surface area contributed by atoms with Crippen LogP contribution in [0.15, 0.2) is 109 Å². The topological polar surface area (TPSA) is 26.3 Å². The zero-order chi connectivity index (χ0) is 20.9. The molecule has 0 aromatic heterocycles. The Bertz CT molecular complexity index is 698. The Morgan fingerprint density at radius 3 is 1.77 bits per heavy atom. The molecule has 2 nitrogen and oxygen atoms in total. The minimum Gasteiger partial charge on any atom is -0.424 e. The molecule has 0 amide bonds. The van der Waals surface area contributed by atoms with Gasteiger partial charge in [0.05, 0.1) is 5.57 Å². The first-order valence-electron chi connectivity index (χ1n) is 8.07. The quantitative estimate of drug-likeness (QED) is 0.195. The molecule has 0 aromatic carbocycles. The molecule has 0 saturated heterocycles. The van der Waals surface area contributed by atoms with Crippen LogP contribution < -0.4 is 0 Å². The zero-order valence-electron chi connectivity index (χ0n) is 16.3. The van der Waals surface area contributed by atoms with Crippen molar-refractivity contribution in [3.8, 4) is 0 Å². The minimum absolute atomic E-state index is 0.0677. The van der Waals surface area contributed by atoms with Crippen molar-refractivity contribution in [3.05, 3.63) is 109 Å². The molecule has 0 aromatic rings. The Morgan fingerprint density at radius 1 is 0.808 bits per heavy atom. The molecule has 0 fully saturated rings. The second kappa shape index (κ2) is 13.4. The Morgan fingerprint density at radius 2 is 1.31 bits per heavy atom. The van der Waals surface area contributed by atoms with Crippen molar-refractivity contribution in [2.45, 2.75) is 27.7 Å². The molecule has 0 N–H and O–H groups in total. The normalized spacial score (nSPS) is 10.7. The Balaban J connectivity index is 0. The van der Waals surface area contributed by atoms with Gasteiger partial charge in [-0.1, -0.05) is 76.6 Å². The maximum Gasteiger partial charge on any atom is 0.342 e. The van der Waals surface area contributed by atoms with Crippen LogP contribution in [0, 0.1) is 0 Å². The summed E-state index contributed by atoms with van der Waals surface area (Å²) >= 11 is 0. The van der Waals surface area contributed by atoms with Gasteiger partial charge in [0, 0.05) is 5.57 Å². The van der Waals surface area contributed by atoms with Crippen molar-refractivity contribution in [2.24, 2.45) is 0 Å². The molecule has 0 radical (unpaired) electrons. The molecule has 0 atom stereocenters. The molecule has 0 bridgehead atoms. The van der Waals surface area contributed by atoms with Gasteiger partial charge >= 0.3 is 5.97 Å². The van der Waals surface area contributed by atoms with E-state index in [9.17, 15) is 9.18 Å². The van der Waals surface area contributed by atoms with E-state index in [4.69, 9.17) is 4.74 Å². The van der Waals surface area contributed by atoms with E-state index >= 15 is 0 Å². The van der Waals surface area contributed by atoms with Gasteiger partial charge in [0.1, 0.15) is 11.6 Å². The second-order valence-electron chi connectivity index (χ2n) is 5.24. The lowest BCUT2D eigenvalue weighted by Gasteiger charge is -2.05. The Labute approximate surface area is 157 Å². The summed E-state index contributed by atoms with van der Waals surface area (Å²) in [6.45, 7) is 29.2. The van der Waals surface area contributed by atoms with E-state index in [1.165, 1.54) is 24.3 Å². The van der Waals surface area contributed by atoms with Gasteiger partial charge < -0.3 is 4.74 Å². The third kappa shape index (κ3) is 11.6. The number of halogens is 1. The number of ether oxygens (including phenoxy) is 1. The van der Waals surface area contributed by atoms with Crippen molar-refractivity contribution in [1.82, 2.24) is 0 Å². The van der Waals surface area contributed by atoms with Crippen LogP contribution in [-0.4, -0.2) is 5.97 Å². The van der Waals surface area contributed by atoms with Crippen LogP contribution in [0.3, 0.4) is 0 Å². The van der Waals surface area contributed by atoms with E-state index in [0.29, 0.717) is 11.1 Å². The standard InChI is InChI=1S/C21H23FO2.C2H6/c1-14(2)9-12-18(7)24-21(23)17(6)11-10-16(5)19(8)20(22)13-15(3)4;1-2/h9-13H,1,3,5-8H2,2,4H3;1-2H3/b11-10-,12-9-,20-13+;. The van der Waals surface area contributed by atoms with E-state index in [-0.39, 0.29) is 16.9 Å². The van der Waals surface area contributed by atoms with Gasteiger partial charge in [0.25, 0.3) is 0 Å². The number of allylic oxidation sites excluding steroid dienone is 9. The van der Waals surface area contributed by atoms with Gasteiger partial charge in [-0.15, -0.1) is 0 Å². The van der Waals surface area contributed by atoms with Gasteiger partial charge in [0.2, 0.25) is 0 Å². The summed E-state index contributed by atoms with van der Waals surface area (Å²) in [5.74, 6) is -1.04. The predicted molar refractivity (Wildman–Crippen MR) is 111 cm³/mol. The summed E-state index contributed by atoms with van der Waals surface area (Å²) in [5.41, 5.74) is 1.83. The molecule has 0 unspecified atom stereocenters. The average molecular weight is 356 g/mol. The van der Waals surface area contributed by atoms with E-state index in [0.717, 1.165) is 5.57 Å². The molecule has 0 aliphatic rings. The molecule has 140 valence electrons. The van der Waals surface area contributed by atoms with E-state index in [1.54, 1.807) is 19.9 Å². The van der Waals surface area contributed by atoms with Crippen LogP contribution in [0.4, 0.5) is 4.39 Å². The molecule has 0 aliphatic heterocycles. The maximum atomic E-state index is 13.8. The number of carbonyl (C=O) groups excluding carboxylic acids is 1. The molecule has 0 saturated carbocycles. The second-order valence-corrected chi connectivity index (χ2v) is 5.24. The highest BCUT2D eigenvalue weighted by atomic mass is 19.1. The summed E-state index contributed by atoms with van der Waals surface area (Å²) in [7, 11) is 0. The number of esters is 1. The van der Waals surface area contributed by atoms with E-state index in [2.05, 4.69) is 39.5 Å². The predicted octanol–water partition coefficient (Wildman–Crippen LogP) is 6.86. The molecular weight excluding hydrogens is 327 g/mol. The summed E-state index contributed by atoms with van der Waals surface area (Å²) in [5, 5.41) is 0.